The molecule has 1 unspecified atom stereocenters. The first kappa shape index (κ1) is 19.2. The summed E-state index contributed by atoms with van der Waals surface area (Å²) in [6, 6.07) is 6.16. The van der Waals surface area contributed by atoms with Crippen LogP contribution >= 0.6 is 23.1 Å². The van der Waals surface area contributed by atoms with Gasteiger partial charge in [-0.25, -0.2) is 9.37 Å². The molecule has 0 spiro atoms. The molecule has 0 radical (unpaired) electrons. The highest BCUT2D eigenvalue weighted by molar-refractivity contribution is 8.00. The quantitative estimate of drug-likeness (QED) is 0.617. The second kappa shape index (κ2) is 8.50. The van der Waals surface area contributed by atoms with Crippen molar-refractivity contribution in [3.05, 3.63) is 35.1 Å². The highest BCUT2D eigenvalue weighted by Crippen LogP contribution is 2.35. The Kier molecular flexibility index (Phi) is 5.84. The van der Waals surface area contributed by atoms with Gasteiger partial charge in [0, 0.05) is 18.7 Å². The summed E-state index contributed by atoms with van der Waals surface area (Å²) in [5.74, 6) is -0.122. The summed E-state index contributed by atoms with van der Waals surface area (Å²) in [7, 11) is 0. The minimum atomic E-state index is -0.297. The number of hydrogen-bond acceptors (Lipinski definition) is 7. The lowest BCUT2D eigenvalue weighted by atomic mass is 10.1. The number of thioether (sulfide) groups is 1. The number of thiazole rings is 1. The molecule has 4 rings (SSSR count). The van der Waals surface area contributed by atoms with E-state index in [1.807, 2.05) is 6.92 Å². The third-order valence-electron chi connectivity index (χ3n) is 4.40. The number of ether oxygens (including phenoxy) is 1. The first-order valence-electron chi connectivity index (χ1n) is 9.01. The van der Waals surface area contributed by atoms with Crippen LogP contribution in [0.5, 0.6) is 0 Å². The van der Waals surface area contributed by atoms with Gasteiger partial charge in [-0.1, -0.05) is 11.8 Å². The van der Waals surface area contributed by atoms with Crippen LogP contribution in [0.4, 0.5) is 4.39 Å². The van der Waals surface area contributed by atoms with Gasteiger partial charge in [-0.05, 0) is 44.0 Å². The van der Waals surface area contributed by atoms with Crippen molar-refractivity contribution in [2.24, 2.45) is 0 Å². The van der Waals surface area contributed by atoms with Crippen LogP contribution < -0.4 is 5.32 Å². The maximum Gasteiger partial charge on any atom is 0.230 e. The molecule has 146 valence electrons. The van der Waals surface area contributed by atoms with Gasteiger partial charge in [0.1, 0.15) is 22.1 Å². The molecule has 2 aromatic heterocycles. The van der Waals surface area contributed by atoms with E-state index in [4.69, 9.17) is 4.74 Å². The van der Waals surface area contributed by atoms with Crippen molar-refractivity contribution >= 4 is 39.2 Å². The number of aryl methyl sites for hydroxylation is 1. The molecule has 0 bridgehead atoms. The summed E-state index contributed by atoms with van der Waals surface area (Å²) in [6.07, 6.45) is 2.16. The highest BCUT2D eigenvalue weighted by atomic mass is 32.2. The molecule has 1 aliphatic heterocycles. The molecule has 1 aromatic carbocycles. The zero-order valence-corrected chi connectivity index (χ0v) is 16.9. The predicted octanol–water partition coefficient (Wildman–Crippen LogP) is 3.59. The molecule has 1 aliphatic rings. The monoisotopic (exact) mass is 418 g/mol. The first-order chi connectivity index (χ1) is 13.6. The van der Waals surface area contributed by atoms with Crippen LogP contribution in [-0.4, -0.2) is 46.1 Å². The van der Waals surface area contributed by atoms with Crippen molar-refractivity contribution < 1.29 is 13.9 Å². The van der Waals surface area contributed by atoms with Crippen molar-refractivity contribution in [2.45, 2.75) is 30.9 Å². The Hall–Kier alpha value is -2.10. The number of amides is 1. The van der Waals surface area contributed by atoms with Gasteiger partial charge in [-0.3, -0.25) is 4.79 Å². The normalized spacial score (nSPS) is 16.6. The van der Waals surface area contributed by atoms with Crippen molar-refractivity contribution in [1.82, 2.24) is 20.5 Å². The maximum atomic E-state index is 13.2. The Balaban J connectivity index is 1.49. The predicted molar refractivity (Wildman–Crippen MR) is 108 cm³/mol. The van der Waals surface area contributed by atoms with Crippen LogP contribution in [-0.2, 0) is 9.53 Å². The molecular weight excluding hydrogens is 399 g/mol. The number of aromatic nitrogens is 3. The van der Waals surface area contributed by atoms with Crippen LogP contribution in [0.2, 0.25) is 0 Å². The van der Waals surface area contributed by atoms with E-state index in [1.165, 1.54) is 35.2 Å². The van der Waals surface area contributed by atoms with Crippen molar-refractivity contribution in [2.75, 3.05) is 18.9 Å². The molecule has 0 aliphatic carbocycles. The molecule has 1 saturated heterocycles. The largest absolute Gasteiger partial charge is 0.376 e. The zero-order valence-electron chi connectivity index (χ0n) is 15.3. The molecule has 0 saturated carbocycles. The minimum Gasteiger partial charge on any atom is -0.376 e. The molecule has 6 nitrogen and oxygen atoms in total. The number of benzene rings is 1. The van der Waals surface area contributed by atoms with Crippen molar-refractivity contribution in [3.8, 4) is 11.3 Å². The SMILES string of the molecule is Cc1nc2c(SCC(=O)NCC3CCCO3)nnc(-c3ccc(F)cc3)c2s1. The van der Waals surface area contributed by atoms with Gasteiger partial charge in [0.15, 0.2) is 0 Å². The molecule has 1 fully saturated rings. The van der Waals surface area contributed by atoms with Gasteiger partial charge in [0.05, 0.1) is 21.6 Å². The van der Waals surface area contributed by atoms with E-state index in [0.29, 0.717) is 17.3 Å². The van der Waals surface area contributed by atoms with Crippen LogP contribution in [0, 0.1) is 12.7 Å². The minimum absolute atomic E-state index is 0.0648. The summed E-state index contributed by atoms with van der Waals surface area (Å²) in [4.78, 5) is 16.7. The first-order valence-corrected chi connectivity index (χ1v) is 10.8. The lowest BCUT2D eigenvalue weighted by Gasteiger charge is -2.10. The Labute approximate surface area is 169 Å². The molecule has 1 N–H and O–H groups in total. The van der Waals surface area contributed by atoms with E-state index in [0.717, 1.165) is 40.2 Å². The maximum absolute atomic E-state index is 13.2. The number of rotatable bonds is 6. The second-order valence-electron chi connectivity index (χ2n) is 6.50. The Morgan fingerprint density at radius 3 is 2.93 bits per heavy atom. The number of fused-ring (bicyclic) bond motifs is 1. The standard InChI is InChI=1S/C19H19FN4O2S2/c1-11-22-17-18(28-11)16(12-4-6-13(20)7-5-12)23-24-19(17)27-10-15(25)21-9-14-3-2-8-26-14/h4-7,14H,2-3,8-10H2,1H3,(H,21,25). The molecule has 1 amide bonds. The van der Waals surface area contributed by atoms with E-state index in [2.05, 4.69) is 20.5 Å². The van der Waals surface area contributed by atoms with Crippen LogP contribution in [0.25, 0.3) is 21.5 Å². The summed E-state index contributed by atoms with van der Waals surface area (Å²) >= 11 is 2.83. The van der Waals surface area contributed by atoms with Crippen LogP contribution in [0.3, 0.4) is 0 Å². The van der Waals surface area contributed by atoms with E-state index < -0.39 is 0 Å². The number of nitrogens with zero attached hydrogens (tertiary/aromatic N) is 3. The van der Waals surface area contributed by atoms with Gasteiger partial charge in [0.25, 0.3) is 0 Å². The van der Waals surface area contributed by atoms with Gasteiger partial charge >= 0.3 is 0 Å². The number of carbonyl (C=O) groups is 1. The van der Waals surface area contributed by atoms with Gasteiger partial charge in [-0.2, -0.15) is 0 Å². The third-order valence-corrected chi connectivity index (χ3v) is 6.33. The third kappa shape index (κ3) is 4.31. The van der Waals surface area contributed by atoms with Crippen LogP contribution in [0.1, 0.15) is 17.8 Å². The molecular formula is C19H19FN4O2S2. The van der Waals surface area contributed by atoms with E-state index in [1.54, 1.807) is 12.1 Å². The summed E-state index contributed by atoms with van der Waals surface area (Å²) in [6.45, 7) is 3.23. The summed E-state index contributed by atoms with van der Waals surface area (Å²) in [5, 5.41) is 13.0. The van der Waals surface area contributed by atoms with Crippen LogP contribution in [0.15, 0.2) is 29.3 Å². The molecule has 3 heterocycles. The number of halogens is 1. The van der Waals surface area contributed by atoms with E-state index in [9.17, 15) is 9.18 Å². The fraction of sp³-hybridized carbons (Fsp3) is 0.368. The van der Waals surface area contributed by atoms with Crippen molar-refractivity contribution in [1.29, 1.82) is 0 Å². The van der Waals surface area contributed by atoms with E-state index >= 15 is 0 Å². The summed E-state index contributed by atoms with van der Waals surface area (Å²) in [5.41, 5.74) is 2.19. The Morgan fingerprint density at radius 1 is 1.36 bits per heavy atom. The average Bonchev–Trinajstić information content (AvgIpc) is 3.34. The second-order valence-corrected chi connectivity index (χ2v) is 8.67. The van der Waals surface area contributed by atoms with E-state index in [-0.39, 0.29) is 23.6 Å². The lowest BCUT2D eigenvalue weighted by Crippen LogP contribution is -2.32. The zero-order chi connectivity index (χ0) is 19.5. The molecule has 28 heavy (non-hydrogen) atoms. The average molecular weight is 419 g/mol. The molecule has 3 aromatic rings. The number of nitrogens with one attached hydrogen (secondary N) is 1. The number of hydrogen-bond donors (Lipinski definition) is 1. The smallest absolute Gasteiger partial charge is 0.230 e. The fourth-order valence-electron chi connectivity index (χ4n) is 3.03. The van der Waals surface area contributed by atoms with Gasteiger partial charge < -0.3 is 10.1 Å². The molecule has 1 atom stereocenters. The summed E-state index contributed by atoms with van der Waals surface area (Å²) < 4.78 is 19.6. The lowest BCUT2D eigenvalue weighted by molar-refractivity contribution is -0.119. The highest BCUT2D eigenvalue weighted by Gasteiger charge is 2.18. The fourth-order valence-corrected chi connectivity index (χ4v) is 4.78. The number of carbonyl (C=O) groups excluding carboxylic acids is 1. The van der Waals surface area contributed by atoms with Gasteiger partial charge in [-0.15, -0.1) is 21.5 Å². The Bertz CT molecular complexity index is 988. The van der Waals surface area contributed by atoms with Crippen molar-refractivity contribution in [3.63, 3.8) is 0 Å². The topological polar surface area (TPSA) is 77.0 Å². The van der Waals surface area contributed by atoms with Gasteiger partial charge in [0.2, 0.25) is 5.91 Å². The molecule has 9 heteroatoms. The Morgan fingerprint density at radius 2 is 2.18 bits per heavy atom.